The first-order valence-corrected chi connectivity index (χ1v) is 7.13. The zero-order chi connectivity index (χ0) is 13.8. The Bertz CT molecular complexity index is 438. The fourth-order valence-corrected chi connectivity index (χ4v) is 2.50. The quantitative estimate of drug-likeness (QED) is 0.849. The van der Waals surface area contributed by atoms with E-state index in [1.54, 1.807) is 4.68 Å². The van der Waals surface area contributed by atoms with E-state index in [0.717, 1.165) is 18.5 Å². The molecule has 0 aliphatic heterocycles. The summed E-state index contributed by atoms with van der Waals surface area (Å²) in [5, 5.41) is 13.3. The van der Waals surface area contributed by atoms with Gasteiger partial charge in [0.25, 0.3) is 5.91 Å². The van der Waals surface area contributed by atoms with Crippen molar-refractivity contribution in [2.24, 2.45) is 0 Å². The fourth-order valence-electron chi connectivity index (χ4n) is 2.50. The summed E-state index contributed by atoms with van der Waals surface area (Å²) in [5.41, 5.74) is 1.55. The monoisotopic (exact) mass is 265 g/mol. The SMILES string of the molecule is CCn1nc(C)cc1C(=O)N(CCCO)C1CCC1. The standard InChI is InChI=1S/C14H23N3O2/c1-3-17-13(10-11(2)15-17)14(19)16(8-5-9-18)12-6-4-7-12/h10,12,18H,3-9H2,1-2H3. The van der Waals surface area contributed by atoms with Gasteiger partial charge in [-0.2, -0.15) is 5.10 Å². The van der Waals surface area contributed by atoms with E-state index < -0.39 is 0 Å². The number of nitrogens with zero attached hydrogens (tertiary/aromatic N) is 3. The number of amides is 1. The van der Waals surface area contributed by atoms with Crippen LogP contribution in [0.15, 0.2) is 6.07 Å². The molecular formula is C14H23N3O2. The van der Waals surface area contributed by atoms with Crippen molar-refractivity contribution in [3.8, 4) is 0 Å². The first-order valence-electron chi connectivity index (χ1n) is 7.13. The van der Waals surface area contributed by atoms with E-state index in [1.165, 1.54) is 6.42 Å². The van der Waals surface area contributed by atoms with E-state index in [2.05, 4.69) is 5.10 Å². The second-order valence-electron chi connectivity index (χ2n) is 5.15. The summed E-state index contributed by atoms with van der Waals surface area (Å²) in [4.78, 5) is 14.6. The van der Waals surface area contributed by atoms with Crippen LogP contribution in [0, 0.1) is 6.92 Å². The summed E-state index contributed by atoms with van der Waals surface area (Å²) >= 11 is 0. The van der Waals surface area contributed by atoms with E-state index in [4.69, 9.17) is 5.11 Å². The summed E-state index contributed by atoms with van der Waals surface area (Å²) in [6.07, 6.45) is 3.99. The topological polar surface area (TPSA) is 58.4 Å². The lowest BCUT2D eigenvalue weighted by molar-refractivity contribution is 0.0550. The lowest BCUT2D eigenvalue weighted by Gasteiger charge is -2.37. The predicted molar refractivity (Wildman–Crippen MR) is 73.0 cm³/mol. The van der Waals surface area contributed by atoms with Crippen LogP contribution >= 0.6 is 0 Å². The Balaban J connectivity index is 2.17. The zero-order valence-electron chi connectivity index (χ0n) is 11.8. The smallest absolute Gasteiger partial charge is 0.272 e. The van der Waals surface area contributed by atoms with Crippen LogP contribution in [0.3, 0.4) is 0 Å². The molecule has 2 rings (SSSR count). The highest BCUT2D eigenvalue weighted by molar-refractivity contribution is 5.93. The van der Waals surface area contributed by atoms with Gasteiger partial charge in [-0.25, -0.2) is 0 Å². The number of carbonyl (C=O) groups excluding carboxylic acids is 1. The van der Waals surface area contributed by atoms with E-state index in [-0.39, 0.29) is 12.5 Å². The normalized spacial score (nSPS) is 15.3. The van der Waals surface area contributed by atoms with Crippen LogP contribution in [0.1, 0.15) is 48.8 Å². The molecule has 1 N–H and O–H groups in total. The summed E-state index contributed by atoms with van der Waals surface area (Å²) in [5.74, 6) is 0.0561. The molecule has 0 atom stereocenters. The average Bonchev–Trinajstić information content (AvgIpc) is 2.72. The van der Waals surface area contributed by atoms with Gasteiger partial charge in [-0.1, -0.05) is 0 Å². The number of aliphatic hydroxyl groups excluding tert-OH is 1. The fraction of sp³-hybridized carbons (Fsp3) is 0.714. The number of aryl methyl sites for hydroxylation is 2. The minimum absolute atomic E-state index is 0.0561. The Morgan fingerprint density at radius 2 is 2.32 bits per heavy atom. The molecule has 1 heterocycles. The molecule has 19 heavy (non-hydrogen) atoms. The first-order chi connectivity index (χ1) is 9.17. The first kappa shape index (κ1) is 14.1. The van der Waals surface area contributed by atoms with Gasteiger partial charge in [0.1, 0.15) is 5.69 Å². The molecule has 1 aliphatic carbocycles. The van der Waals surface area contributed by atoms with Crippen molar-refractivity contribution in [3.63, 3.8) is 0 Å². The van der Waals surface area contributed by atoms with Crippen LogP contribution in [0.2, 0.25) is 0 Å². The molecule has 5 heteroatoms. The highest BCUT2D eigenvalue weighted by Gasteiger charge is 2.30. The van der Waals surface area contributed by atoms with Crippen LogP contribution in [-0.2, 0) is 6.54 Å². The molecular weight excluding hydrogens is 242 g/mol. The van der Waals surface area contributed by atoms with Crippen LogP contribution < -0.4 is 0 Å². The molecule has 0 unspecified atom stereocenters. The predicted octanol–water partition coefficient (Wildman–Crippen LogP) is 1.59. The Kier molecular flexibility index (Phi) is 4.58. The highest BCUT2D eigenvalue weighted by atomic mass is 16.3. The van der Waals surface area contributed by atoms with Crippen LogP contribution in [0.25, 0.3) is 0 Å². The molecule has 0 aromatic carbocycles. The maximum atomic E-state index is 12.7. The molecule has 1 aromatic heterocycles. The van der Waals surface area contributed by atoms with E-state index >= 15 is 0 Å². The summed E-state index contributed by atoms with van der Waals surface area (Å²) in [6.45, 7) is 5.36. The number of aliphatic hydroxyl groups is 1. The molecule has 5 nitrogen and oxygen atoms in total. The molecule has 1 aliphatic rings. The number of rotatable bonds is 6. The van der Waals surface area contributed by atoms with Gasteiger partial charge in [-0.05, 0) is 45.6 Å². The van der Waals surface area contributed by atoms with Crippen LogP contribution in [0.4, 0.5) is 0 Å². The van der Waals surface area contributed by atoms with Crippen molar-refractivity contribution < 1.29 is 9.90 Å². The molecule has 0 spiro atoms. The highest BCUT2D eigenvalue weighted by Crippen LogP contribution is 2.26. The molecule has 1 amide bonds. The number of hydrogen-bond donors (Lipinski definition) is 1. The molecule has 1 fully saturated rings. The Labute approximate surface area is 114 Å². The van der Waals surface area contributed by atoms with Gasteiger partial charge in [0.05, 0.1) is 5.69 Å². The van der Waals surface area contributed by atoms with Crippen molar-refractivity contribution in [2.75, 3.05) is 13.2 Å². The van der Waals surface area contributed by atoms with E-state index in [9.17, 15) is 4.79 Å². The molecule has 1 saturated carbocycles. The Hall–Kier alpha value is -1.36. The van der Waals surface area contributed by atoms with Gasteiger partial charge in [-0.3, -0.25) is 9.48 Å². The third-order valence-corrected chi connectivity index (χ3v) is 3.75. The molecule has 0 bridgehead atoms. The van der Waals surface area contributed by atoms with Gasteiger partial charge in [0, 0.05) is 25.7 Å². The van der Waals surface area contributed by atoms with E-state index in [1.807, 2.05) is 24.8 Å². The lowest BCUT2D eigenvalue weighted by Crippen LogP contribution is -2.45. The maximum absolute atomic E-state index is 12.7. The number of hydrogen-bond acceptors (Lipinski definition) is 3. The molecule has 0 saturated heterocycles. The van der Waals surface area contributed by atoms with Gasteiger partial charge < -0.3 is 10.0 Å². The van der Waals surface area contributed by atoms with E-state index in [0.29, 0.717) is 31.2 Å². The summed E-state index contributed by atoms with van der Waals surface area (Å²) < 4.78 is 1.77. The molecule has 1 aromatic rings. The number of carbonyl (C=O) groups is 1. The van der Waals surface area contributed by atoms with Crippen LogP contribution in [0.5, 0.6) is 0 Å². The van der Waals surface area contributed by atoms with Gasteiger partial charge >= 0.3 is 0 Å². The van der Waals surface area contributed by atoms with Gasteiger partial charge in [0.2, 0.25) is 0 Å². The van der Waals surface area contributed by atoms with Gasteiger partial charge in [0.15, 0.2) is 0 Å². The Morgan fingerprint density at radius 1 is 1.58 bits per heavy atom. The second-order valence-corrected chi connectivity index (χ2v) is 5.15. The van der Waals surface area contributed by atoms with Gasteiger partial charge in [-0.15, -0.1) is 0 Å². The van der Waals surface area contributed by atoms with Crippen LogP contribution in [-0.4, -0.2) is 44.9 Å². The van der Waals surface area contributed by atoms with Crippen molar-refractivity contribution >= 4 is 5.91 Å². The third kappa shape index (κ3) is 2.97. The zero-order valence-corrected chi connectivity index (χ0v) is 11.8. The largest absolute Gasteiger partial charge is 0.396 e. The maximum Gasteiger partial charge on any atom is 0.272 e. The molecule has 0 radical (unpaired) electrons. The van der Waals surface area contributed by atoms with Crippen molar-refractivity contribution in [1.82, 2.24) is 14.7 Å². The second kappa shape index (κ2) is 6.19. The number of aromatic nitrogens is 2. The minimum atomic E-state index is 0.0561. The van der Waals surface area contributed by atoms with Crippen molar-refractivity contribution in [1.29, 1.82) is 0 Å². The summed E-state index contributed by atoms with van der Waals surface area (Å²) in [7, 11) is 0. The molecule has 106 valence electrons. The summed E-state index contributed by atoms with van der Waals surface area (Å²) in [6, 6.07) is 2.20. The van der Waals surface area contributed by atoms with Crippen molar-refractivity contribution in [3.05, 3.63) is 17.5 Å². The lowest BCUT2D eigenvalue weighted by atomic mass is 9.91. The average molecular weight is 265 g/mol. The third-order valence-electron chi connectivity index (χ3n) is 3.75. The minimum Gasteiger partial charge on any atom is -0.396 e. The Morgan fingerprint density at radius 3 is 2.84 bits per heavy atom. The van der Waals surface area contributed by atoms with Crippen molar-refractivity contribution in [2.45, 2.75) is 52.1 Å².